The van der Waals surface area contributed by atoms with Gasteiger partial charge >= 0.3 is 0 Å². The van der Waals surface area contributed by atoms with Crippen molar-refractivity contribution < 1.29 is 9.84 Å². The Labute approximate surface area is 133 Å². The standard InChI is InChI=1S/C20H28O2/c1-3-20-11-10-16-15-7-5-14(22-2)12-13(15)4-6-17(16)18(20)8-9-19(20)21/h5,7,12,16-19,21H,3-4,6,8-11H2,1-2H3/t16-,17-,18+,19+,20+/m1/s1. The Balaban J connectivity index is 1.68. The highest BCUT2D eigenvalue weighted by molar-refractivity contribution is 5.40. The highest BCUT2D eigenvalue weighted by atomic mass is 16.5. The van der Waals surface area contributed by atoms with Crippen molar-refractivity contribution in [2.75, 3.05) is 7.11 Å². The molecular weight excluding hydrogens is 272 g/mol. The van der Waals surface area contributed by atoms with E-state index in [1.165, 1.54) is 37.7 Å². The number of methoxy groups -OCH3 is 1. The van der Waals surface area contributed by atoms with Gasteiger partial charge in [-0.25, -0.2) is 0 Å². The zero-order valence-electron chi connectivity index (χ0n) is 13.8. The van der Waals surface area contributed by atoms with Gasteiger partial charge in [0, 0.05) is 0 Å². The minimum absolute atomic E-state index is 0.0549. The summed E-state index contributed by atoms with van der Waals surface area (Å²) in [7, 11) is 1.75. The van der Waals surface area contributed by atoms with E-state index in [1.807, 2.05) is 0 Å². The van der Waals surface area contributed by atoms with Crippen molar-refractivity contribution in [3.8, 4) is 5.75 Å². The van der Waals surface area contributed by atoms with Gasteiger partial charge in [-0.15, -0.1) is 0 Å². The maximum Gasteiger partial charge on any atom is 0.119 e. The molecule has 5 atom stereocenters. The molecule has 1 aromatic rings. The zero-order valence-corrected chi connectivity index (χ0v) is 13.8. The van der Waals surface area contributed by atoms with Crippen LogP contribution in [-0.2, 0) is 6.42 Å². The fourth-order valence-electron chi connectivity index (χ4n) is 6.14. The molecule has 0 radical (unpaired) electrons. The quantitative estimate of drug-likeness (QED) is 0.882. The van der Waals surface area contributed by atoms with Crippen molar-refractivity contribution in [2.45, 2.75) is 63.9 Å². The molecule has 1 N–H and O–H groups in total. The molecule has 22 heavy (non-hydrogen) atoms. The lowest BCUT2D eigenvalue weighted by Crippen LogP contribution is -2.45. The summed E-state index contributed by atoms with van der Waals surface area (Å²) in [6.45, 7) is 2.30. The maximum atomic E-state index is 10.6. The van der Waals surface area contributed by atoms with Crippen LogP contribution in [0, 0.1) is 17.3 Å². The third-order valence-corrected chi connectivity index (χ3v) is 7.26. The van der Waals surface area contributed by atoms with E-state index >= 15 is 0 Å². The Hall–Kier alpha value is -1.02. The van der Waals surface area contributed by atoms with Crippen LogP contribution in [0.2, 0.25) is 0 Å². The lowest BCUT2D eigenvalue weighted by atomic mass is 9.54. The van der Waals surface area contributed by atoms with E-state index in [2.05, 4.69) is 25.1 Å². The Morgan fingerprint density at radius 1 is 1.23 bits per heavy atom. The molecule has 0 spiro atoms. The topological polar surface area (TPSA) is 29.5 Å². The molecule has 0 saturated heterocycles. The molecule has 2 heteroatoms. The van der Waals surface area contributed by atoms with Crippen LogP contribution in [0.1, 0.15) is 62.5 Å². The second kappa shape index (κ2) is 5.26. The summed E-state index contributed by atoms with van der Waals surface area (Å²) >= 11 is 0. The lowest BCUT2D eigenvalue weighted by Gasteiger charge is -2.51. The molecule has 0 bridgehead atoms. The van der Waals surface area contributed by atoms with Crippen LogP contribution in [0.25, 0.3) is 0 Å². The van der Waals surface area contributed by atoms with Crippen molar-refractivity contribution in [3.05, 3.63) is 29.3 Å². The highest BCUT2D eigenvalue weighted by Crippen LogP contribution is 2.62. The van der Waals surface area contributed by atoms with Gasteiger partial charge in [0.05, 0.1) is 13.2 Å². The first-order valence-corrected chi connectivity index (χ1v) is 9.04. The van der Waals surface area contributed by atoms with Crippen LogP contribution < -0.4 is 4.74 Å². The summed E-state index contributed by atoms with van der Waals surface area (Å²) in [5.74, 6) is 3.23. The third kappa shape index (κ3) is 1.89. The van der Waals surface area contributed by atoms with Gasteiger partial charge in [0.25, 0.3) is 0 Å². The molecule has 0 aliphatic heterocycles. The smallest absolute Gasteiger partial charge is 0.119 e. The summed E-state index contributed by atoms with van der Waals surface area (Å²) in [6.07, 6.45) is 8.30. The summed E-state index contributed by atoms with van der Waals surface area (Å²) in [4.78, 5) is 0. The average molecular weight is 300 g/mol. The average Bonchev–Trinajstić information content (AvgIpc) is 2.91. The number of aliphatic hydroxyl groups is 1. The van der Waals surface area contributed by atoms with Gasteiger partial charge in [0.2, 0.25) is 0 Å². The number of fused-ring (bicyclic) bond motifs is 5. The molecule has 120 valence electrons. The van der Waals surface area contributed by atoms with Crippen molar-refractivity contribution in [1.82, 2.24) is 0 Å². The van der Waals surface area contributed by atoms with Gasteiger partial charge in [0.15, 0.2) is 0 Å². The number of rotatable bonds is 2. The number of aryl methyl sites for hydroxylation is 1. The predicted molar refractivity (Wildman–Crippen MR) is 88.2 cm³/mol. The Morgan fingerprint density at radius 3 is 2.86 bits per heavy atom. The fraction of sp³-hybridized carbons (Fsp3) is 0.700. The molecule has 0 amide bonds. The molecule has 3 aliphatic rings. The number of hydrogen-bond acceptors (Lipinski definition) is 2. The molecule has 0 heterocycles. The summed E-state index contributed by atoms with van der Waals surface area (Å²) in [6, 6.07) is 6.69. The summed E-state index contributed by atoms with van der Waals surface area (Å²) in [5.41, 5.74) is 3.30. The Bertz CT molecular complexity index is 567. The first kappa shape index (κ1) is 14.6. The van der Waals surface area contributed by atoms with Crippen molar-refractivity contribution >= 4 is 0 Å². The van der Waals surface area contributed by atoms with E-state index in [1.54, 1.807) is 12.7 Å². The van der Waals surface area contributed by atoms with E-state index in [4.69, 9.17) is 4.74 Å². The molecule has 1 aromatic carbocycles. The zero-order chi connectivity index (χ0) is 15.3. The van der Waals surface area contributed by atoms with Gasteiger partial charge in [-0.05, 0) is 91.4 Å². The van der Waals surface area contributed by atoms with E-state index < -0.39 is 0 Å². The summed E-state index contributed by atoms with van der Waals surface area (Å²) in [5, 5.41) is 10.6. The number of aliphatic hydroxyl groups excluding tert-OH is 1. The van der Waals surface area contributed by atoms with Crippen LogP contribution in [-0.4, -0.2) is 18.3 Å². The van der Waals surface area contributed by atoms with Crippen molar-refractivity contribution in [1.29, 1.82) is 0 Å². The third-order valence-electron chi connectivity index (χ3n) is 7.26. The largest absolute Gasteiger partial charge is 0.497 e. The number of hydrogen-bond donors (Lipinski definition) is 1. The molecule has 2 saturated carbocycles. The predicted octanol–water partition coefficient (Wildman–Crippen LogP) is 4.30. The van der Waals surface area contributed by atoms with Crippen molar-refractivity contribution in [2.24, 2.45) is 17.3 Å². The Kier molecular flexibility index (Phi) is 3.48. The normalized spacial score (nSPS) is 39.8. The van der Waals surface area contributed by atoms with Crippen LogP contribution >= 0.6 is 0 Å². The number of ether oxygens (including phenoxy) is 1. The molecule has 3 aliphatic carbocycles. The monoisotopic (exact) mass is 300 g/mol. The fourth-order valence-corrected chi connectivity index (χ4v) is 6.14. The van der Waals surface area contributed by atoms with Gasteiger partial charge in [-0.3, -0.25) is 0 Å². The first-order chi connectivity index (χ1) is 10.7. The second-order valence-corrected chi connectivity index (χ2v) is 7.70. The van der Waals surface area contributed by atoms with E-state index in [9.17, 15) is 5.11 Å². The highest BCUT2D eigenvalue weighted by Gasteiger charge is 2.55. The van der Waals surface area contributed by atoms with Gasteiger partial charge in [-0.1, -0.05) is 13.0 Å². The number of benzene rings is 1. The van der Waals surface area contributed by atoms with E-state index in [0.717, 1.165) is 30.4 Å². The van der Waals surface area contributed by atoms with E-state index in [-0.39, 0.29) is 11.5 Å². The SMILES string of the molecule is CC[C@]12CC[C@@H]3c4ccc(OC)cc4CC[C@H]3[C@@H]1CC[C@@H]2O. The van der Waals surface area contributed by atoms with Crippen LogP contribution in [0.3, 0.4) is 0 Å². The second-order valence-electron chi connectivity index (χ2n) is 7.70. The molecule has 0 unspecified atom stereocenters. The van der Waals surface area contributed by atoms with Gasteiger partial charge < -0.3 is 9.84 Å². The van der Waals surface area contributed by atoms with Crippen LogP contribution in [0.15, 0.2) is 18.2 Å². The molecular formula is C20H28O2. The molecule has 2 fully saturated rings. The molecule has 2 nitrogen and oxygen atoms in total. The molecule has 0 aromatic heterocycles. The van der Waals surface area contributed by atoms with Crippen molar-refractivity contribution in [3.63, 3.8) is 0 Å². The maximum absolute atomic E-state index is 10.6. The Morgan fingerprint density at radius 2 is 2.09 bits per heavy atom. The van der Waals surface area contributed by atoms with Gasteiger partial charge in [0.1, 0.15) is 5.75 Å². The van der Waals surface area contributed by atoms with Gasteiger partial charge in [-0.2, -0.15) is 0 Å². The van der Waals surface area contributed by atoms with E-state index in [0.29, 0.717) is 5.92 Å². The minimum atomic E-state index is -0.0549. The van der Waals surface area contributed by atoms with Crippen LogP contribution in [0.5, 0.6) is 5.75 Å². The van der Waals surface area contributed by atoms with Crippen LogP contribution in [0.4, 0.5) is 0 Å². The lowest BCUT2D eigenvalue weighted by molar-refractivity contribution is -0.0394. The molecule has 4 rings (SSSR count). The first-order valence-electron chi connectivity index (χ1n) is 9.04. The summed E-state index contributed by atoms with van der Waals surface area (Å²) < 4.78 is 5.40. The minimum Gasteiger partial charge on any atom is -0.497 e.